The van der Waals surface area contributed by atoms with Crippen molar-refractivity contribution in [2.75, 3.05) is 20.7 Å². The lowest BCUT2D eigenvalue weighted by atomic mass is 9.50. The molecule has 6 rings (SSSR count). The number of rotatable bonds is 11. The van der Waals surface area contributed by atoms with Crippen molar-refractivity contribution in [1.29, 1.82) is 0 Å². The molecule has 1 saturated heterocycles. The molecule has 0 saturated carbocycles. The van der Waals surface area contributed by atoms with Crippen molar-refractivity contribution in [3.05, 3.63) is 71.0 Å². The van der Waals surface area contributed by atoms with Crippen LogP contribution in [0.4, 0.5) is 0 Å². The molecule has 4 aliphatic rings. The summed E-state index contributed by atoms with van der Waals surface area (Å²) in [4.78, 5) is 65.0. The van der Waals surface area contributed by atoms with Crippen LogP contribution in [0.15, 0.2) is 54.3 Å². The van der Waals surface area contributed by atoms with Gasteiger partial charge in [-0.3, -0.25) is 9.59 Å². The van der Waals surface area contributed by atoms with Crippen molar-refractivity contribution >= 4 is 29.8 Å². The van der Waals surface area contributed by atoms with Crippen molar-refractivity contribution < 1.29 is 62.6 Å². The number of ether oxygens (including phenoxy) is 6. The van der Waals surface area contributed by atoms with E-state index in [1.807, 2.05) is 19.2 Å². The number of hydrogen-bond acceptors (Lipinski definition) is 13. The quantitative estimate of drug-likeness (QED) is 0.260. The van der Waals surface area contributed by atoms with E-state index in [1.165, 1.54) is 19.2 Å². The van der Waals surface area contributed by atoms with Gasteiger partial charge in [-0.2, -0.15) is 0 Å². The van der Waals surface area contributed by atoms with Crippen LogP contribution < -0.4 is 9.47 Å². The minimum atomic E-state index is -1.81. The Hall–Kier alpha value is -4.95. The minimum Gasteiger partial charge on any atom is -0.493 e. The van der Waals surface area contributed by atoms with E-state index < -0.39 is 71.7 Å². The van der Waals surface area contributed by atoms with E-state index in [0.717, 1.165) is 25.0 Å². The Labute approximate surface area is 281 Å². The predicted octanol–water partition coefficient (Wildman–Crippen LogP) is 2.14. The second-order valence-corrected chi connectivity index (χ2v) is 12.7. The van der Waals surface area contributed by atoms with Gasteiger partial charge in [-0.1, -0.05) is 36.4 Å². The second-order valence-electron chi connectivity index (χ2n) is 12.7. The van der Waals surface area contributed by atoms with Gasteiger partial charge in [0.05, 0.1) is 24.5 Å². The molecule has 49 heavy (non-hydrogen) atoms. The first-order valence-electron chi connectivity index (χ1n) is 15.9. The zero-order valence-corrected chi connectivity index (χ0v) is 27.4. The van der Waals surface area contributed by atoms with E-state index in [-0.39, 0.29) is 23.8 Å². The molecule has 2 aromatic carbocycles. The largest absolute Gasteiger partial charge is 0.493 e. The standard InChI is InChI=1S/C35H37NO13/c1-18(32(41)49-28(31(39)40)20-8-6-5-7-9-20)45-33(42)24(46-19(2)37)17-26(38)47-23-12-13-35(43)25-16-21-10-11-22(44-4)29-27(21)34(35,30(23)48-29)14-15-36(25)3/h5-12,18,24-25,28,30,43H,13-17H2,1-4H3,(H,39,40)/t18-,24-,25+,28-,30-,34-,35+/m0/s1. The van der Waals surface area contributed by atoms with Crippen molar-refractivity contribution in [3.63, 3.8) is 0 Å². The number of carbonyl (C=O) groups is 5. The van der Waals surface area contributed by atoms with E-state index in [4.69, 9.17) is 28.4 Å². The number of nitrogens with zero attached hydrogens (tertiary/aromatic N) is 1. The molecular formula is C35H37NO13. The van der Waals surface area contributed by atoms with Crippen molar-refractivity contribution in [3.8, 4) is 11.5 Å². The topological polar surface area (TPSA) is 184 Å². The molecule has 14 nitrogen and oxygen atoms in total. The van der Waals surface area contributed by atoms with Gasteiger partial charge in [0.25, 0.3) is 0 Å². The lowest BCUT2D eigenvalue weighted by molar-refractivity contribution is -0.184. The van der Waals surface area contributed by atoms with Gasteiger partial charge in [-0.15, -0.1) is 0 Å². The summed E-state index contributed by atoms with van der Waals surface area (Å²) >= 11 is 0. The van der Waals surface area contributed by atoms with Crippen LogP contribution in [-0.2, 0) is 54.8 Å². The highest BCUT2D eigenvalue weighted by molar-refractivity contribution is 5.87. The molecule has 2 aliphatic carbocycles. The second kappa shape index (κ2) is 12.8. The summed E-state index contributed by atoms with van der Waals surface area (Å²) in [5.41, 5.74) is -0.143. The van der Waals surface area contributed by atoms with Crippen molar-refractivity contribution in [2.45, 2.75) is 81.0 Å². The maximum atomic E-state index is 13.4. The lowest BCUT2D eigenvalue weighted by Gasteiger charge is -2.61. The molecule has 0 unspecified atom stereocenters. The first kappa shape index (κ1) is 33.9. The van der Waals surface area contributed by atoms with Crippen LogP contribution in [-0.4, -0.2) is 95.6 Å². The third-order valence-electron chi connectivity index (χ3n) is 9.90. The van der Waals surface area contributed by atoms with Gasteiger partial charge in [-0.05, 0) is 51.1 Å². The first-order chi connectivity index (χ1) is 23.3. The van der Waals surface area contributed by atoms with Crippen molar-refractivity contribution in [1.82, 2.24) is 4.90 Å². The van der Waals surface area contributed by atoms with Gasteiger partial charge in [-0.25, -0.2) is 14.4 Å². The van der Waals surface area contributed by atoms with Gasteiger partial charge in [0, 0.05) is 30.5 Å². The highest BCUT2D eigenvalue weighted by atomic mass is 16.6. The number of methoxy groups -OCH3 is 1. The smallest absolute Gasteiger partial charge is 0.349 e. The van der Waals surface area contributed by atoms with Crippen LogP contribution >= 0.6 is 0 Å². The number of esters is 4. The number of aliphatic hydroxyl groups is 1. The Bertz CT molecular complexity index is 1720. The molecule has 1 spiro atoms. The monoisotopic (exact) mass is 679 g/mol. The molecule has 0 aromatic heterocycles. The van der Waals surface area contributed by atoms with Gasteiger partial charge in [0.15, 0.2) is 23.7 Å². The molecular weight excluding hydrogens is 642 g/mol. The predicted molar refractivity (Wildman–Crippen MR) is 166 cm³/mol. The number of piperidine rings is 1. The van der Waals surface area contributed by atoms with Crippen LogP contribution in [0.2, 0.25) is 0 Å². The number of likely N-dealkylation sites (N-methyl/N-ethyl adjacent to an activating group) is 1. The summed E-state index contributed by atoms with van der Waals surface area (Å²) in [6, 6.07) is 11.3. The van der Waals surface area contributed by atoms with Crippen LogP contribution in [0.25, 0.3) is 0 Å². The summed E-state index contributed by atoms with van der Waals surface area (Å²) in [6.45, 7) is 2.83. The van der Waals surface area contributed by atoms with Gasteiger partial charge in [0.1, 0.15) is 5.76 Å². The van der Waals surface area contributed by atoms with Crippen LogP contribution in [0.5, 0.6) is 11.5 Å². The zero-order valence-electron chi connectivity index (χ0n) is 27.4. The molecule has 0 amide bonds. The molecule has 0 radical (unpaired) electrons. The lowest BCUT2D eigenvalue weighted by Crippen LogP contribution is -2.74. The Morgan fingerprint density at radius 1 is 1.04 bits per heavy atom. The van der Waals surface area contributed by atoms with E-state index >= 15 is 0 Å². The molecule has 1 fully saturated rings. The van der Waals surface area contributed by atoms with Gasteiger partial charge in [0.2, 0.25) is 12.2 Å². The average Bonchev–Trinajstić information content (AvgIpc) is 3.42. The normalized spacial score (nSPS) is 26.4. The molecule has 260 valence electrons. The van der Waals surface area contributed by atoms with Crippen LogP contribution in [0.1, 0.15) is 55.9 Å². The third kappa shape index (κ3) is 5.68. The number of carbonyl (C=O) groups excluding carboxylic acids is 4. The molecule has 14 heteroatoms. The first-order valence-corrected chi connectivity index (χ1v) is 15.9. The fourth-order valence-electron chi connectivity index (χ4n) is 7.68. The number of aliphatic carboxylic acids is 1. The molecule has 2 N–H and O–H groups in total. The number of carboxylic acids is 1. The summed E-state index contributed by atoms with van der Waals surface area (Å²) in [6.07, 6.45) is -3.89. The maximum absolute atomic E-state index is 13.4. The van der Waals surface area contributed by atoms with Crippen molar-refractivity contribution in [2.24, 2.45) is 0 Å². The Balaban J connectivity index is 1.18. The molecule has 2 aliphatic heterocycles. The van der Waals surface area contributed by atoms with Gasteiger partial charge < -0.3 is 43.5 Å². The maximum Gasteiger partial charge on any atom is 0.349 e. The van der Waals surface area contributed by atoms with Crippen LogP contribution in [0, 0.1) is 0 Å². The summed E-state index contributed by atoms with van der Waals surface area (Å²) in [5.74, 6) is -4.64. The third-order valence-corrected chi connectivity index (χ3v) is 9.90. The highest BCUT2D eigenvalue weighted by Gasteiger charge is 2.72. The Morgan fingerprint density at radius 2 is 1.78 bits per heavy atom. The zero-order chi connectivity index (χ0) is 35.2. The highest BCUT2D eigenvalue weighted by Crippen LogP contribution is 2.65. The number of carboxylic acid groups (broad SMARTS) is 1. The van der Waals surface area contributed by atoms with E-state index in [2.05, 4.69) is 4.90 Å². The molecule has 2 bridgehead atoms. The van der Waals surface area contributed by atoms with Crippen LogP contribution in [0.3, 0.4) is 0 Å². The van der Waals surface area contributed by atoms with E-state index in [1.54, 1.807) is 24.3 Å². The van der Waals surface area contributed by atoms with Gasteiger partial charge >= 0.3 is 29.8 Å². The molecule has 2 aromatic rings. The Kier molecular flexibility index (Phi) is 8.88. The number of benzene rings is 2. The SMILES string of the molecule is COc1ccc2c3c1O[C@H]1C(OC(=O)C[C@H](OC(C)=O)C(=O)O[C@@H](C)C(=O)O[C@H](C(=O)O)c4ccccc4)=CC[C@@]4(O)[C@@H](C2)N(C)CC[C@]314. The summed E-state index contributed by atoms with van der Waals surface area (Å²) < 4.78 is 33.2. The number of hydrogen-bond donors (Lipinski definition) is 2. The summed E-state index contributed by atoms with van der Waals surface area (Å²) in [5, 5.41) is 21.9. The summed E-state index contributed by atoms with van der Waals surface area (Å²) in [7, 11) is 3.49. The average molecular weight is 680 g/mol. The Morgan fingerprint density at radius 3 is 2.45 bits per heavy atom. The minimum absolute atomic E-state index is 0.136. The van der Waals surface area contributed by atoms with E-state index in [9.17, 15) is 34.2 Å². The molecule has 2 heterocycles. The fourth-order valence-corrected chi connectivity index (χ4v) is 7.68. The molecule has 7 atom stereocenters. The fraction of sp³-hybridized carbons (Fsp3) is 0.457. The number of likely N-dealkylation sites (tertiary alicyclic amines) is 1. The van der Waals surface area contributed by atoms with E-state index in [0.29, 0.717) is 30.9 Å².